The van der Waals surface area contributed by atoms with Crippen LogP contribution in [-0.4, -0.2) is 58.5 Å². The molecule has 1 amide bonds. The number of anilines is 2. The smallest absolute Gasteiger partial charge is 0.355 e. The van der Waals surface area contributed by atoms with Gasteiger partial charge in [0.2, 0.25) is 11.6 Å². The molecular weight excluding hydrogens is 581 g/mol. The number of piperazine rings is 1. The number of hydrazine groups is 1. The Hall–Kier alpha value is -4.45. The van der Waals surface area contributed by atoms with Crippen molar-refractivity contribution in [3.8, 4) is 5.75 Å². The van der Waals surface area contributed by atoms with Gasteiger partial charge in [0, 0.05) is 31.2 Å². The number of amides is 1. The highest BCUT2D eigenvalue weighted by atomic mass is 35.5. The van der Waals surface area contributed by atoms with Crippen LogP contribution >= 0.6 is 23.2 Å². The summed E-state index contributed by atoms with van der Waals surface area (Å²) in [4.78, 5) is 36.4. The molecular formula is C29H27Cl2N7O4. The maximum Gasteiger partial charge on any atom is 0.355 e. The van der Waals surface area contributed by atoms with Crippen LogP contribution in [0, 0.1) is 10.1 Å². The van der Waals surface area contributed by atoms with Gasteiger partial charge in [0.05, 0.1) is 16.0 Å². The fraction of sp³-hybridized carbons (Fsp3) is 0.207. The molecule has 1 saturated heterocycles. The number of aromatic nitrogens is 2. The van der Waals surface area contributed by atoms with Crippen molar-refractivity contribution < 1.29 is 14.5 Å². The Balaban J connectivity index is 1.26. The van der Waals surface area contributed by atoms with Gasteiger partial charge in [-0.3, -0.25) is 30.7 Å². The van der Waals surface area contributed by atoms with E-state index >= 15 is 0 Å². The minimum Gasteiger partial charge on any atom is -0.482 e. The average Bonchev–Trinajstić information content (AvgIpc) is 3.01. The Morgan fingerprint density at radius 2 is 1.60 bits per heavy atom. The molecule has 4 aromatic rings. The SMILES string of the molecule is O=C(COc1ccc(Cl)cc1Cl)NNc1ncnc(N2CCN(C(c3ccccc3)c3ccccc3)CC2)c1[N+](=O)[O-]. The molecule has 2 heterocycles. The first-order valence-electron chi connectivity index (χ1n) is 13.1. The summed E-state index contributed by atoms with van der Waals surface area (Å²) in [6.07, 6.45) is 1.23. The van der Waals surface area contributed by atoms with Gasteiger partial charge >= 0.3 is 5.69 Å². The second-order valence-electron chi connectivity index (χ2n) is 9.44. The van der Waals surface area contributed by atoms with Crippen LogP contribution in [0.1, 0.15) is 17.2 Å². The second kappa shape index (κ2) is 13.5. The molecule has 1 aromatic heterocycles. The zero-order valence-corrected chi connectivity index (χ0v) is 23.8. The maximum atomic E-state index is 12.4. The zero-order valence-electron chi connectivity index (χ0n) is 22.3. The Morgan fingerprint density at radius 1 is 0.952 bits per heavy atom. The van der Waals surface area contributed by atoms with E-state index < -0.39 is 17.4 Å². The number of nitrogens with one attached hydrogen (secondary N) is 2. The van der Waals surface area contributed by atoms with Gasteiger partial charge < -0.3 is 9.64 Å². The van der Waals surface area contributed by atoms with E-state index in [0.717, 1.165) is 0 Å². The first kappa shape index (κ1) is 29.1. The molecule has 42 heavy (non-hydrogen) atoms. The average molecular weight is 608 g/mol. The van der Waals surface area contributed by atoms with Crippen LogP contribution in [0.15, 0.2) is 85.2 Å². The Morgan fingerprint density at radius 3 is 2.19 bits per heavy atom. The van der Waals surface area contributed by atoms with Crippen LogP contribution in [-0.2, 0) is 4.79 Å². The first-order chi connectivity index (χ1) is 20.4. The minimum absolute atomic E-state index is 0.0485. The summed E-state index contributed by atoms with van der Waals surface area (Å²) >= 11 is 11.9. The third-order valence-electron chi connectivity index (χ3n) is 6.77. The van der Waals surface area contributed by atoms with Crippen LogP contribution in [0.4, 0.5) is 17.3 Å². The van der Waals surface area contributed by atoms with Gasteiger partial charge in [0.15, 0.2) is 6.61 Å². The fourth-order valence-electron chi connectivity index (χ4n) is 4.84. The lowest BCUT2D eigenvalue weighted by molar-refractivity contribution is -0.383. The Bertz CT molecular complexity index is 1500. The third-order valence-corrected chi connectivity index (χ3v) is 7.30. The van der Waals surface area contributed by atoms with Gasteiger partial charge in [-0.1, -0.05) is 83.9 Å². The second-order valence-corrected chi connectivity index (χ2v) is 10.3. The largest absolute Gasteiger partial charge is 0.482 e. The van der Waals surface area contributed by atoms with Crippen molar-refractivity contribution >= 4 is 46.4 Å². The molecule has 216 valence electrons. The number of ether oxygens (including phenoxy) is 1. The molecule has 0 saturated carbocycles. The van der Waals surface area contributed by atoms with Crippen molar-refractivity contribution in [1.29, 1.82) is 0 Å². The molecule has 5 rings (SSSR count). The van der Waals surface area contributed by atoms with Crippen LogP contribution in [0.2, 0.25) is 10.0 Å². The van der Waals surface area contributed by atoms with E-state index in [0.29, 0.717) is 31.2 Å². The summed E-state index contributed by atoms with van der Waals surface area (Å²) < 4.78 is 5.41. The number of hydrogen-bond donors (Lipinski definition) is 2. The molecule has 1 fully saturated rings. The number of benzene rings is 3. The predicted octanol–water partition coefficient (Wildman–Crippen LogP) is 5.13. The van der Waals surface area contributed by atoms with E-state index in [1.54, 1.807) is 6.07 Å². The van der Waals surface area contributed by atoms with E-state index in [-0.39, 0.29) is 34.1 Å². The molecule has 0 aliphatic carbocycles. The van der Waals surface area contributed by atoms with Crippen molar-refractivity contribution in [2.75, 3.05) is 43.1 Å². The van der Waals surface area contributed by atoms with Gasteiger partial charge in [-0.05, 0) is 29.3 Å². The van der Waals surface area contributed by atoms with Crippen LogP contribution in [0.25, 0.3) is 0 Å². The lowest BCUT2D eigenvalue weighted by Crippen LogP contribution is -2.48. The molecule has 1 aliphatic rings. The quantitative estimate of drug-likeness (QED) is 0.186. The normalized spacial score (nSPS) is 13.5. The molecule has 0 unspecified atom stereocenters. The highest BCUT2D eigenvalue weighted by Gasteiger charge is 2.32. The van der Waals surface area contributed by atoms with Crippen molar-refractivity contribution in [3.05, 3.63) is 116 Å². The monoisotopic (exact) mass is 607 g/mol. The number of hydrogen-bond acceptors (Lipinski definition) is 9. The predicted molar refractivity (Wildman–Crippen MR) is 161 cm³/mol. The van der Waals surface area contributed by atoms with Crippen molar-refractivity contribution in [2.24, 2.45) is 0 Å². The third kappa shape index (κ3) is 6.88. The van der Waals surface area contributed by atoms with E-state index in [4.69, 9.17) is 27.9 Å². The van der Waals surface area contributed by atoms with E-state index in [1.807, 2.05) is 41.3 Å². The number of carbonyl (C=O) groups excluding carboxylic acids is 1. The molecule has 13 heteroatoms. The zero-order chi connectivity index (χ0) is 29.5. The van der Waals surface area contributed by atoms with Gasteiger partial charge in [-0.2, -0.15) is 0 Å². The summed E-state index contributed by atoms with van der Waals surface area (Å²) in [5.41, 5.74) is 6.93. The Kier molecular flexibility index (Phi) is 9.32. The molecule has 0 atom stereocenters. The fourth-order valence-corrected chi connectivity index (χ4v) is 5.30. The lowest BCUT2D eigenvalue weighted by atomic mass is 9.96. The standard InChI is InChI=1S/C29H27Cl2N7O4/c30-22-11-12-24(23(31)17-22)42-18-25(39)34-35-28-27(38(40)41)29(33-19-32-28)37-15-13-36(14-16-37)26(20-7-3-1-4-8-20)21-9-5-2-6-10-21/h1-12,17,19,26H,13-16,18H2,(H,34,39)(H,32,33,35). The van der Waals surface area contributed by atoms with Gasteiger partial charge in [0.1, 0.15) is 12.1 Å². The van der Waals surface area contributed by atoms with E-state index in [9.17, 15) is 14.9 Å². The van der Waals surface area contributed by atoms with Crippen molar-refractivity contribution in [2.45, 2.75) is 6.04 Å². The topological polar surface area (TPSA) is 126 Å². The van der Waals surface area contributed by atoms with E-state index in [2.05, 4.69) is 50.0 Å². The Labute approximate surface area is 252 Å². The molecule has 0 spiro atoms. The summed E-state index contributed by atoms with van der Waals surface area (Å²) in [6.45, 7) is 1.93. The van der Waals surface area contributed by atoms with Crippen LogP contribution in [0.3, 0.4) is 0 Å². The van der Waals surface area contributed by atoms with Crippen LogP contribution in [0.5, 0.6) is 5.75 Å². The van der Waals surface area contributed by atoms with Crippen molar-refractivity contribution in [1.82, 2.24) is 20.3 Å². The van der Waals surface area contributed by atoms with Crippen molar-refractivity contribution in [3.63, 3.8) is 0 Å². The molecule has 2 N–H and O–H groups in total. The highest BCUT2D eigenvalue weighted by molar-refractivity contribution is 6.35. The van der Waals surface area contributed by atoms with Gasteiger partial charge in [-0.25, -0.2) is 9.97 Å². The first-order valence-corrected chi connectivity index (χ1v) is 13.9. The number of nitrogens with zero attached hydrogens (tertiary/aromatic N) is 5. The molecule has 0 radical (unpaired) electrons. The molecule has 1 aliphatic heterocycles. The number of nitro groups is 1. The molecule has 11 nitrogen and oxygen atoms in total. The summed E-state index contributed by atoms with van der Waals surface area (Å²) in [7, 11) is 0. The van der Waals surface area contributed by atoms with Gasteiger partial charge in [-0.15, -0.1) is 0 Å². The number of carbonyl (C=O) groups is 1. The van der Waals surface area contributed by atoms with Gasteiger partial charge in [0.25, 0.3) is 5.91 Å². The molecule has 0 bridgehead atoms. The summed E-state index contributed by atoms with van der Waals surface area (Å²) in [5.74, 6) is -0.298. The van der Waals surface area contributed by atoms with Crippen LogP contribution < -0.4 is 20.5 Å². The minimum atomic E-state index is -0.600. The maximum absolute atomic E-state index is 12.4. The number of rotatable bonds is 10. The van der Waals surface area contributed by atoms with E-state index in [1.165, 1.54) is 29.6 Å². The summed E-state index contributed by atoms with van der Waals surface area (Å²) in [6, 6.07) is 25.2. The number of halogens is 2. The highest BCUT2D eigenvalue weighted by Crippen LogP contribution is 2.34. The summed E-state index contributed by atoms with van der Waals surface area (Å²) in [5, 5.41) is 12.8. The lowest BCUT2D eigenvalue weighted by Gasteiger charge is -2.40. The molecule has 3 aromatic carbocycles.